The van der Waals surface area contributed by atoms with Crippen molar-refractivity contribution in [3.8, 4) is 5.69 Å². The van der Waals surface area contributed by atoms with E-state index in [4.69, 9.17) is 4.98 Å². The summed E-state index contributed by atoms with van der Waals surface area (Å²) in [7, 11) is 0. The minimum atomic E-state index is -0.0706. The summed E-state index contributed by atoms with van der Waals surface area (Å²) < 4.78 is 0. The van der Waals surface area contributed by atoms with Crippen molar-refractivity contribution in [2.45, 2.75) is 18.8 Å². The van der Waals surface area contributed by atoms with E-state index in [1.165, 1.54) is 11.0 Å². The first-order valence-corrected chi connectivity index (χ1v) is 9.77. The molecule has 1 aliphatic heterocycles. The molecule has 4 heterocycles. The maximum Gasteiger partial charge on any atom is 0.276 e. The number of likely N-dealkylation sites (tertiary alicyclic amines) is 1. The van der Waals surface area contributed by atoms with Crippen molar-refractivity contribution in [2.24, 2.45) is 0 Å². The van der Waals surface area contributed by atoms with Crippen LogP contribution in [0.2, 0.25) is 0 Å². The van der Waals surface area contributed by atoms with Crippen LogP contribution in [0.4, 0.5) is 0 Å². The molecule has 7 heteroatoms. The van der Waals surface area contributed by atoms with Gasteiger partial charge in [0, 0.05) is 36.3 Å². The smallest absolute Gasteiger partial charge is 0.276 e. The first-order valence-electron chi connectivity index (χ1n) is 9.77. The Morgan fingerprint density at radius 1 is 0.966 bits per heavy atom. The Balaban J connectivity index is 1.26. The van der Waals surface area contributed by atoms with Gasteiger partial charge in [-0.1, -0.05) is 18.2 Å². The van der Waals surface area contributed by atoms with Crippen molar-refractivity contribution < 1.29 is 4.79 Å². The molecule has 0 atom stereocenters. The third kappa shape index (κ3) is 3.47. The molecule has 1 aliphatic rings. The van der Waals surface area contributed by atoms with Crippen LogP contribution in [0.25, 0.3) is 16.7 Å². The van der Waals surface area contributed by atoms with Crippen molar-refractivity contribution in [3.63, 3.8) is 0 Å². The Labute approximate surface area is 168 Å². The molecule has 1 saturated heterocycles. The molecule has 0 bridgehead atoms. The van der Waals surface area contributed by atoms with Gasteiger partial charge < -0.3 is 4.90 Å². The highest BCUT2D eigenvalue weighted by Gasteiger charge is 2.27. The van der Waals surface area contributed by atoms with Crippen LogP contribution >= 0.6 is 0 Å². The van der Waals surface area contributed by atoms with Crippen LogP contribution in [0.3, 0.4) is 0 Å². The van der Waals surface area contributed by atoms with Crippen molar-refractivity contribution in [3.05, 3.63) is 78.4 Å². The van der Waals surface area contributed by atoms with Gasteiger partial charge in [-0.15, -0.1) is 5.10 Å². The normalized spacial score (nSPS) is 15.0. The fourth-order valence-corrected chi connectivity index (χ4v) is 3.78. The molecule has 1 amide bonds. The van der Waals surface area contributed by atoms with Gasteiger partial charge in [0.1, 0.15) is 0 Å². The highest BCUT2D eigenvalue weighted by Crippen LogP contribution is 2.28. The fraction of sp³-hybridized carbons (Fsp3) is 0.227. The Hall–Kier alpha value is -3.61. The second kappa shape index (κ2) is 7.43. The Morgan fingerprint density at radius 2 is 1.79 bits per heavy atom. The second-order valence-electron chi connectivity index (χ2n) is 7.21. The van der Waals surface area contributed by atoms with Crippen molar-refractivity contribution in [2.75, 3.05) is 13.1 Å². The topological polar surface area (TPSA) is 76.8 Å². The van der Waals surface area contributed by atoms with Gasteiger partial charge in [-0.25, -0.2) is 9.97 Å². The van der Waals surface area contributed by atoms with Crippen LogP contribution in [-0.2, 0) is 0 Å². The van der Waals surface area contributed by atoms with Crippen molar-refractivity contribution in [1.29, 1.82) is 0 Å². The molecule has 5 rings (SSSR count). The van der Waals surface area contributed by atoms with Gasteiger partial charge in [0.25, 0.3) is 5.91 Å². The molecular weight excluding hydrogens is 364 g/mol. The molecule has 0 unspecified atom stereocenters. The first kappa shape index (κ1) is 17.5. The Bertz CT molecular complexity index is 1150. The van der Waals surface area contributed by atoms with Crippen LogP contribution in [0.15, 0.2) is 67.0 Å². The number of piperidine rings is 1. The summed E-state index contributed by atoms with van der Waals surface area (Å²) in [5, 5.41) is 9.64. The molecule has 0 saturated carbocycles. The summed E-state index contributed by atoms with van der Waals surface area (Å²) in [6.45, 7) is 1.37. The van der Waals surface area contributed by atoms with Crippen LogP contribution in [0.1, 0.15) is 34.9 Å². The minimum absolute atomic E-state index is 0.0706. The molecule has 0 spiro atoms. The maximum atomic E-state index is 12.8. The summed E-state index contributed by atoms with van der Waals surface area (Å²) in [4.78, 5) is 25.3. The van der Waals surface area contributed by atoms with E-state index in [1.54, 1.807) is 6.20 Å². The third-order valence-corrected chi connectivity index (χ3v) is 5.38. The summed E-state index contributed by atoms with van der Waals surface area (Å²) >= 11 is 0. The van der Waals surface area contributed by atoms with Crippen molar-refractivity contribution >= 4 is 16.9 Å². The molecule has 3 aromatic heterocycles. The average Bonchev–Trinajstić information content (AvgIpc) is 3.29. The summed E-state index contributed by atoms with van der Waals surface area (Å²) in [6, 6.07) is 17.7. The average molecular weight is 384 g/mol. The zero-order valence-electron chi connectivity index (χ0n) is 15.8. The zero-order valence-corrected chi connectivity index (χ0v) is 15.8. The van der Waals surface area contributed by atoms with Gasteiger partial charge >= 0.3 is 0 Å². The summed E-state index contributed by atoms with van der Waals surface area (Å²) in [6.07, 6.45) is 5.06. The molecule has 0 N–H and O–H groups in total. The standard InChI is InChI=1S/C22H20N6O/c29-22(20-15-24-28(26-20)18-6-2-1-3-7-18)27-13-10-16(11-14-27)19-9-8-17-5-4-12-23-21(17)25-19/h1-9,12,15-16H,10-11,13-14H2. The number of aromatic nitrogens is 5. The minimum Gasteiger partial charge on any atom is -0.337 e. The molecule has 7 nitrogen and oxygen atoms in total. The van der Waals surface area contributed by atoms with Gasteiger partial charge in [0.2, 0.25) is 0 Å². The van der Waals surface area contributed by atoms with Gasteiger partial charge in [-0.3, -0.25) is 4.79 Å². The SMILES string of the molecule is O=C(c1cnn(-c2ccccc2)n1)N1CCC(c2ccc3cccnc3n2)CC1. The van der Waals surface area contributed by atoms with Crippen LogP contribution < -0.4 is 0 Å². The molecule has 1 fully saturated rings. The lowest BCUT2D eigenvalue weighted by atomic mass is 9.92. The van der Waals surface area contributed by atoms with E-state index >= 15 is 0 Å². The number of amides is 1. The number of hydrogen-bond acceptors (Lipinski definition) is 5. The predicted octanol–water partition coefficient (Wildman–Crippen LogP) is 3.23. The molecule has 1 aromatic carbocycles. The van der Waals surface area contributed by atoms with Gasteiger partial charge in [0.05, 0.1) is 11.9 Å². The summed E-state index contributed by atoms with van der Waals surface area (Å²) in [5.41, 5.74) is 3.04. The van der Waals surface area contributed by atoms with E-state index in [1.807, 2.05) is 47.4 Å². The van der Waals surface area contributed by atoms with Gasteiger partial charge in [-0.2, -0.15) is 9.90 Å². The highest BCUT2D eigenvalue weighted by molar-refractivity contribution is 5.92. The number of para-hydroxylation sites is 1. The number of fused-ring (bicyclic) bond motifs is 1. The zero-order chi connectivity index (χ0) is 19.6. The Morgan fingerprint density at radius 3 is 2.62 bits per heavy atom. The van der Waals surface area contributed by atoms with E-state index < -0.39 is 0 Å². The molecule has 0 radical (unpaired) electrons. The quantitative estimate of drug-likeness (QED) is 0.542. The third-order valence-electron chi connectivity index (χ3n) is 5.38. The van der Waals surface area contributed by atoms with Crippen LogP contribution in [-0.4, -0.2) is 48.9 Å². The largest absolute Gasteiger partial charge is 0.337 e. The molecule has 144 valence electrons. The van der Waals surface area contributed by atoms with Gasteiger partial charge in [-0.05, 0) is 49.2 Å². The second-order valence-corrected chi connectivity index (χ2v) is 7.21. The molecule has 0 aliphatic carbocycles. The lowest BCUT2D eigenvalue weighted by molar-refractivity contribution is 0.0705. The number of benzene rings is 1. The van der Waals surface area contributed by atoms with Crippen LogP contribution in [0, 0.1) is 0 Å². The lowest BCUT2D eigenvalue weighted by Crippen LogP contribution is -2.38. The number of carbonyl (C=O) groups is 1. The lowest BCUT2D eigenvalue weighted by Gasteiger charge is -2.31. The van der Waals surface area contributed by atoms with E-state index in [2.05, 4.69) is 27.3 Å². The molecule has 4 aromatic rings. The van der Waals surface area contributed by atoms with E-state index in [0.29, 0.717) is 24.7 Å². The number of pyridine rings is 2. The van der Waals surface area contributed by atoms with E-state index in [0.717, 1.165) is 35.3 Å². The van der Waals surface area contributed by atoms with E-state index in [9.17, 15) is 4.79 Å². The molecule has 29 heavy (non-hydrogen) atoms. The fourth-order valence-electron chi connectivity index (χ4n) is 3.78. The highest BCUT2D eigenvalue weighted by atomic mass is 16.2. The van der Waals surface area contributed by atoms with E-state index in [-0.39, 0.29) is 5.91 Å². The predicted molar refractivity (Wildman–Crippen MR) is 109 cm³/mol. The van der Waals surface area contributed by atoms with Crippen LogP contribution in [0.5, 0.6) is 0 Å². The maximum absolute atomic E-state index is 12.8. The van der Waals surface area contributed by atoms with Gasteiger partial charge in [0.15, 0.2) is 11.3 Å². The Kier molecular flexibility index (Phi) is 4.48. The monoisotopic (exact) mass is 384 g/mol. The number of carbonyl (C=O) groups excluding carboxylic acids is 1. The van der Waals surface area contributed by atoms with Crippen molar-refractivity contribution in [1.82, 2.24) is 29.9 Å². The first-order chi connectivity index (χ1) is 14.3. The molecular formula is C22H20N6O. The number of rotatable bonds is 3. The number of hydrogen-bond donors (Lipinski definition) is 0. The summed E-state index contributed by atoms with van der Waals surface area (Å²) in [5.74, 6) is 0.268. The number of nitrogens with zero attached hydrogens (tertiary/aromatic N) is 6.